The fourth-order valence-corrected chi connectivity index (χ4v) is 1.87. The van der Waals surface area contributed by atoms with Gasteiger partial charge in [0, 0.05) is 0 Å². The summed E-state index contributed by atoms with van der Waals surface area (Å²) in [6.45, 7) is 5.87. The van der Waals surface area contributed by atoms with Crippen molar-refractivity contribution in [3.8, 4) is 0 Å². The summed E-state index contributed by atoms with van der Waals surface area (Å²) in [7, 11) is 0. The van der Waals surface area contributed by atoms with E-state index in [0.29, 0.717) is 6.42 Å². The summed E-state index contributed by atoms with van der Waals surface area (Å²) >= 11 is 0. The van der Waals surface area contributed by atoms with Crippen molar-refractivity contribution in [1.29, 1.82) is 0 Å². The maximum Gasteiger partial charge on any atom is 0.0862 e. The Bertz CT molecular complexity index is 182. The molecule has 0 aromatic rings. The first-order chi connectivity index (χ1) is 7.85. The number of rotatable bonds is 11. The molecule has 0 saturated carbocycles. The van der Waals surface area contributed by atoms with Crippen LogP contribution in [0.15, 0.2) is 24.6 Å². The van der Waals surface area contributed by atoms with Crippen LogP contribution in [0.5, 0.6) is 0 Å². The fourth-order valence-electron chi connectivity index (χ4n) is 1.87. The zero-order chi connectivity index (χ0) is 12.1. The molecule has 0 bridgehead atoms. The lowest BCUT2D eigenvalue weighted by Gasteiger charge is -2.03. The summed E-state index contributed by atoms with van der Waals surface area (Å²) in [5.74, 6) is 0. The van der Waals surface area contributed by atoms with E-state index in [2.05, 4.69) is 13.5 Å². The van der Waals surface area contributed by atoms with Crippen molar-refractivity contribution in [2.75, 3.05) is 0 Å². The van der Waals surface area contributed by atoms with Crippen LogP contribution in [0.3, 0.4) is 0 Å². The number of unbranched alkanes of at least 4 members (excludes halogenated alkanes) is 7. The quantitative estimate of drug-likeness (QED) is 0.302. The van der Waals surface area contributed by atoms with Gasteiger partial charge < -0.3 is 0 Å². The van der Waals surface area contributed by atoms with Gasteiger partial charge >= 0.3 is 0 Å². The third-order valence-electron chi connectivity index (χ3n) is 2.91. The molecular formula is C15H27F. The molecule has 0 nitrogen and oxygen atoms in total. The molecule has 0 heterocycles. The van der Waals surface area contributed by atoms with Gasteiger partial charge in [0.15, 0.2) is 0 Å². The topological polar surface area (TPSA) is 0 Å². The lowest BCUT2D eigenvalue weighted by molar-refractivity contribution is 0.571. The molecule has 94 valence electrons. The molecule has 0 aliphatic heterocycles. The SMILES string of the molecule is C=CC/C(=C/F)CCCCCCCCCC. The van der Waals surface area contributed by atoms with E-state index in [-0.39, 0.29) is 0 Å². The molecule has 0 aromatic carbocycles. The second kappa shape index (κ2) is 12.5. The zero-order valence-electron chi connectivity index (χ0n) is 10.8. The van der Waals surface area contributed by atoms with Crippen LogP contribution in [0.2, 0.25) is 0 Å². The molecule has 0 saturated heterocycles. The van der Waals surface area contributed by atoms with E-state index in [9.17, 15) is 4.39 Å². The minimum atomic E-state index is 0.701. The van der Waals surface area contributed by atoms with Crippen LogP contribution in [0.1, 0.15) is 71.1 Å². The van der Waals surface area contributed by atoms with E-state index in [1.54, 1.807) is 6.08 Å². The van der Waals surface area contributed by atoms with Gasteiger partial charge in [-0.1, -0.05) is 57.9 Å². The highest BCUT2D eigenvalue weighted by Crippen LogP contribution is 2.15. The number of allylic oxidation sites excluding steroid dienone is 2. The van der Waals surface area contributed by atoms with Crippen LogP contribution in [-0.2, 0) is 0 Å². The number of halogens is 1. The largest absolute Gasteiger partial charge is 0.216 e. The van der Waals surface area contributed by atoms with Gasteiger partial charge in [-0.15, -0.1) is 6.58 Å². The molecule has 0 spiro atoms. The number of hydrogen-bond acceptors (Lipinski definition) is 0. The second-order valence-corrected chi connectivity index (χ2v) is 4.49. The van der Waals surface area contributed by atoms with Crippen LogP contribution in [0.25, 0.3) is 0 Å². The Morgan fingerprint density at radius 3 is 2.06 bits per heavy atom. The first-order valence-electron chi connectivity index (χ1n) is 6.74. The van der Waals surface area contributed by atoms with Crippen molar-refractivity contribution < 1.29 is 4.39 Å². The lowest BCUT2D eigenvalue weighted by Crippen LogP contribution is -1.84. The van der Waals surface area contributed by atoms with Gasteiger partial charge in [-0.25, -0.2) is 4.39 Å². The lowest BCUT2D eigenvalue weighted by atomic mass is 10.0. The van der Waals surface area contributed by atoms with E-state index in [4.69, 9.17) is 0 Å². The van der Waals surface area contributed by atoms with Crippen molar-refractivity contribution in [2.24, 2.45) is 0 Å². The van der Waals surface area contributed by atoms with Gasteiger partial charge in [0.1, 0.15) is 0 Å². The highest BCUT2D eigenvalue weighted by atomic mass is 19.1. The summed E-state index contributed by atoms with van der Waals surface area (Å²) in [6.07, 6.45) is 14.6. The predicted molar refractivity (Wildman–Crippen MR) is 71.2 cm³/mol. The Hall–Kier alpha value is -0.590. The van der Waals surface area contributed by atoms with Crippen molar-refractivity contribution in [2.45, 2.75) is 71.1 Å². The highest BCUT2D eigenvalue weighted by Gasteiger charge is 1.96. The molecule has 0 aliphatic carbocycles. The predicted octanol–water partition coefficient (Wildman–Crippen LogP) is 5.95. The average Bonchev–Trinajstić information content (AvgIpc) is 2.31. The molecule has 0 fully saturated rings. The van der Waals surface area contributed by atoms with Crippen LogP contribution in [0, 0.1) is 0 Å². The van der Waals surface area contributed by atoms with Gasteiger partial charge in [0.05, 0.1) is 6.33 Å². The molecule has 0 aliphatic rings. The fraction of sp³-hybridized carbons (Fsp3) is 0.733. The monoisotopic (exact) mass is 226 g/mol. The van der Waals surface area contributed by atoms with Crippen molar-refractivity contribution >= 4 is 0 Å². The van der Waals surface area contributed by atoms with Gasteiger partial charge in [0.25, 0.3) is 0 Å². The molecule has 1 heteroatoms. The minimum absolute atomic E-state index is 0.701. The van der Waals surface area contributed by atoms with Gasteiger partial charge in [0.2, 0.25) is 0 Å². The normalized spacial score (nSPS) is 11.8. The van der Waals surface area contributed by atoms with E-state index >= 15 is 0 Å². The Kier molecular flexibility index (Phi) is 12.0. The highest BCUT2D eigenvalue weighted by molar-refractivity contribution is 5.02. The molecule has 0 N–H and O–H groups in total. The summed E-state index contributed by atoms with van der Waals surface area (Å²) in [5, 5.41) is 0. The molecule has 0 aromatic heterocycles. The summed E-state index contributed by atoms with van der Waals surface area (Å²) in [4.78, 5) is 0. The summed E-state index contributed by atoms with van der Waals surface area (Å²) in [5.41, 5.74) is 0.890. The summed E-state index contributed by atoms with van der Waals surface area (Å²) < 4.78 is 12.3. The third kappa shape index (κ3) is 9.95. The Morgan fingerprint density at radius 2 is 1.56 bits per heavy atom. The standard InChI is InChI=1S/C15H27F/c1-3-5-6-7-8-9-10-11-13-15(14-16)12-4-2/h4,14H,2-3,5-13H2,1H3/b15-14-. The Labute approximate surface area is 101 Å². The van der Waals surface area contributed by atoms with Crippen LogP contribution < -0.4 is 0 Å². The molecular weight excluding hydrogens is 199 g/mol. The minimum Gasteiger partial charge on any atom is -0.216 e. The molecule has 0 radical (unpaired) electrons. The van der Waals surface area contributed by atoms with Crippen LogP contribution in [-0.4, -0.2) is 0 Å². The van der Waals surface area contributed by atoms with Crippen LogP contribution >= 0.6 is 0 Å². The van der Waals surface area contributed by atoms with E-state index < -0.39 is 0 Å². The third-order valence-corrected chi connectivity index (χ3v) is 2.91. The number of hydrogen-bond donors (Lipinski definition) is 0. The van der Waals surface area contributed by atoms with E-state index in [0.717, 1.165) is 24.7 Å². The van der Waals surface area contributed by atoms with E-state index in [1.807, 2.05) is 0 Å². The molecule has 16 heavy (non-hydrogen) atoms. The Morgan fingerprint density at radius 1 is 1.00 bits per heavy atom. The van der Waals surface area contributed by atoms with E-state index in [1.165, 1.54) is 44.9 Å². The summed E-state index contributed by atoms with van der Waals surface area (Å²) in [6, 6.07) is 0. The molecule has 0 rings (SSSR count). The van der Waals surface area contributed by atoms with Crippen molar-refractivity contribution in [1.82, 2.24) is 0 Å². The smallest absolute Gasteiger partial charge is 0.0862 e. The maximum absolute atomic E-state index is 12.3. The molecule has 0 atom stereocenters. The van der Waals surface area contributed by atoms with Gasteiger partial charge in [-0.05, 0) is 24.8 Å². The maximum atomic E-state index is 12.3. The van der Waals surface area contributed by atoms with Crippen LogP contribution in [0.4, 0.5) is 4.39 Å². The van der Waals surface area contributed by atoms with Crippen molar-refractivity contribution in [3.05, 3.63) is 24.6 Å². The van der Waals surface area contributed by atoms with Crippen molar-refractivity contribution in [3.63, 3.8) is 0 Å². The van der Waals surface area contributed by atoms with Gasteiger partial charge in [-0.3, -0.25) is 0 Å². The first kappa shape index (κ1) is 15.4. The molecule has 0 unspecified atom stereocenters. The molecule has 0 amide bonds. The Balaban J connectivity index is 3.22. The average molecular weight is 226 g/mol. The first-order valence-corrected chi connectivity index (χ1v) is 6.74. The van der Waals surface area contributed by atoms with Gasteiger partial charge in [-0.2, -0.15) is 0 Å². The second-order valence-electron chi connectivity index (χ2n) is 4.49. The zero-order valence-corrected chi connectivity index (χ0v) is 10.8.